The minimum Gasteiger partial charge on any atom is -0.481 e. The van der Waals surface area contributed by atoms with E-state index in [-0.39, 0.29) is 12.3 Å². The predicted molar refractivity (Wildman–Crippen MR) is 55.4 cm³/mol. The lowest BCUT2D eigenvalue weighted by atomic mass is 9.96. The van der Waals surface area contributed by atoms with E-state index in [1.165, 1.54) is 0 Å². The van der Waals surface area contributed by atoms with E-state index in [4.69, 9.17) is 5.11 Å². The lowest BCUT2D eigenvalue weighted by Crippen LogP contribution is -2.19. The van der Waals surface area contributed by atoms with Gasteiger partial charge in [0.05, 0.1) is 6.42 Å². The molecule has 0 aliphatic rings. The Kier molecular flexibility index (Phi) is 4.13. The van der Waals surface area contributed by atoms with Crippen LogP contribution in [0, 0.1) is 0 Å². The Morgan fingerprint density at radius 3 is 2.57 bits per heavy atom. The number of hydrogen-bond donors (Lipinski definition) is 2. The Morgan fingerprint density at radius 2 is 2.07 bits per heavy atom. The molecule has 0 aliphatic carbocycles. The van der Waals surface area contributed by atoms with E-state index in [1.54, 1.807) is 0 Å². The second-order valence-corrected chi connectivity index (χ2v) is 3.26. The van der Waals surface area contributed by atoms with Gasteiger partial charge in [0.25, 0.3) is 0 Å². The molecule has 1 aromatic rings. The lowest BCUT2D eigenvalue weighted by molar-refractivity contribution is -0.137. The maximum atomic E-state index is 10.6. The van der Waals surface area contributed by atoms with Crippen LogP contribution < -0.4 is 5.32 Å². The first-order valence-corrected chi connectivity index (χ1v) is 4.65. The highest BCUT2D eigenvalue weighted by Gasteiger charge is 2.13. The summed E-state index contributed by atoms with van der Waals surface area (Å²) in [6.45, 7) is 0.691. The maximum absolute atomic E-state index is 10.6. The third-order valence-corrected chi connectivity index (χ3v) is 2.14. The summed E-state index contributed by atoms with van der Waals surface area (Å²) in [6, 6.07) is 9.72. The van der Waals surface area contributed by atoms with Crippen LogP contribution in [0.25, 0.3) is 0 Å². The molecule has 1 unspecified atom stereocenters. The molecule has 14 heavy (non-hydrogen) atoms. The van der Waals surface area contributed by atoms with E-state index in [0.29, 0.717) is 6.54 Å². The van der Waals surface area contributed by atoms with Gasteiger partial charge in [-0.15, -0.1) is 0 Å². The van der Waals surface area contributed by atoms with Gasteiger partial charge in [-0.25, -0.2) is 0 Å². The second-order valence-electron chi connectivity index (χ2n) is 3.26. The summed E-state index contributed by atoms with van der Waals surface area (Å²) >= 11 is 0. The first kappa shape index (κ1) is 10.7. The molecule has 76 valence electrons. The molecule has 1 rings (SSSR count). The molecule has 3 nitrogen and oxygen atoms in total. The van der Waals surface area contributed by atoms with Crippen molar-refractivity contribution in [1.29, 1.82) is 0 Å². The van der Waals surface area contributed by atoms with Crippen LogP contribution in [-0.4, -0.2) is 24.7 Å². The third kappa shape index (κ3) is 3.18. The number of carbonyl (C=O) groups is 1. The summed E-state index contributed by atoms with van der Waals surface area (Å²) in [5.74, 6) is -0.701. The zero-order chi connectivity index (χ0) is 10.4. The zero-order valence-electron chi connectivity index (χ0n) is 8.23. The molecular weight excluding hydrogens is 178 g/mol. The Hall–Kier alpha value is -1.35. The highest BCUT2D eigenvalue weighted by Crippen LogP contribution is 2.18. The molecule has 0 saturated carbocycles. The molecule has 0 spiro atoms. The van der Waals surface area contributed by atoms with E-state index < -0.39 is 5.97 Å². The Labute approximate surface area is 83.8 Å². The van der Waals surface area contributed by atoms with Crippen molar-refractivity contribution in [3.63, 3.8) is 0 Å². The van der Waals surface area contributed by atoms with E-state index in [0.717, 1.165) is 5.56 Å². The summed E-state index contributed by atoms with van der Waals surface area (Å²) in [5.41, 5.74) is 1.07. The summed E-state index contributed by atoms with van der Waals surface area (Å²) in [6.07, 6.45) is 0.171. The molecule has 0 bridgehead atoms. The SMILES string of the molecule is CNCC(CC(=O)O)c1ccccc1. The van der Waals surface area contributed by atoms with Gasteiger partial charge in [0.15, 0.2) is 0 Å². The van der Waals surface area contributed by atoms with Gasteiger partial charge in [0, 0.05) is 12.5 Å². The molecular formula is C11H15NO2. The van der Waals surface area contributed by atoms with Gasteiger partial charge in [-0.1, -0.05) is 30.3 Å². The standard InChI is InChI=1S/C11H15NO2/c1-12-8-10(7-11(13)14)9-5-3-2-4-6-9/h2-6,10,12H,7-8H2,1H3,(H,13,14). The first-order chi connectivity index (χ1) is 6.74. The summed E-state index contributed by atoms with van der Waals surface area (Å²) in [5, 5.41) is 11.8. The van der Waals surface area contributed by atoms with Gasteiger partial charge in [-0.05, 0) is 12.6 Å². The van der Waals surface area contributed by atoms with E-state index in [1.807, 2.05) is 37.4 Å². The van der Waals surface area contributed by atoms with E-state index in [2.05, 4.69) is 5.32 Å². The molecule has 0 fully saturated rings. The monoisotopic (exact) mass is 193 g/mol. The Morgan fingerprint density at radius 1 is 1.43 bits per heavy atom. The summed E-state index contributed by atoms with van der Waals surface area (Å²) in [4.78, 5) is 10.6. The van der Waals surface area contributed by atoms with Crippen molar-refractivity contribution >= 4 is 5.97 Å². The highest BCUT2D eigenvalue weighted by molar-refractivity contribution is 5.68. The van der Waals surface area contributed by atoms with Crippen LogP contribution in [0.4, 0.5) is 0 Å². The number of benzene rings is 1. The molecule has 1 aromatic carbocycles. The fourth-order valence-corrected chi connectivity index (χ4v) is 1.49. The summed E-state index contributed by atoms with van der Waals surface area (Å²) in [7, 11) is 1.83. The molecule has 3 heteroatoms. The number of nitrogens with one attached hydrogen (secondary N) is 1. The number of likely N-dealkylation sites (N-methyl/N-ethyl adjacent to an activating group) is 1. The first-order valence-electron chi connectivity index (χ1n) is 4.65. The predicted octanol–water partition coefficient (Wildman–Crippen LogP) is 1.46. The van der Waals surface area contributed by atoms with Crippen molar-refractivity contribution in [3.05, 3.63) is 35.9 Å². The quantitative estimate of drug-likeness (QED) is 0.744. The van der Waals surface area contributed by atoms with Crippen molar-refractivity contribution < 1.29 is 9.90 Å². The molecule has 0 radical (unpaired) electrons. The normalized spacial score (nSPS) is 12.4. The fourth-order valence-electron chi connectivity index (χ4n) is 1.49. The number of hydrogen-bond acceptors (Lipinski definition) is 2. The van der Waals surface area contributed by atoms with Gasteiger partial charge in [0.1, 0.15) is 0 Å². The van der Waals surface area contributed by atoms with Gasteiger partial charge in [-0.2, -0.15) is 0 Å². The lowest BCUT2D eigenvalue weighted by Gasteiger charge is -2.14. The molecule has 1 atom stereocenters. The Bertz CT molecular complexity index is 285. The van der Waals surface area contributed by atoms with Crippen molar-refractivity contribution in [2.45, 2.75) is 12.3 Å². The van der Waals surface area contributed by atoms with Crippen molar-refractivity contribution in [2.75, 3.05) is 13.6 Å². The fraction of sp³-hybridized carbons (Fsp3) is 0.364. The smallest absolute Gasteiger partial charge is 0.304 e. The van der Waals surface area contributed by atoms with Crippen molar-refractivity contribution in [3.8, 4) is 0 Å². The third-order valence-electron chi connectivity index (χ3n) is 2.14. The van der Waals surface area contributed by atoms with Crippen LogP contribution in [0.15, 0.2) is 30.3 Å². The molecule has 0 amide bonds. The van der Waals surface area contributed by atoms with E-state index in [9.17, 15) is 4.79 Å². The van der Waals surface area contributed by atoms with Crippen LogP contribution in [0.2, 0.25) is 0 Å². The number of carboxylic acids is 1. The van der Waals surface area contributed by atoms with Gasteiger partial charge in [0.2, 0.25) is 0 Å². The second kappa shape index (κ2) is 5.40. The Balaban J connectivity index is 2.72. The van der Waals surface area contributed by atoms with Crippen LogP contribution in [0.1, 0.15) is 17.9 Å². The number of rotatable bonds is 5. The van der Waals surface area contributed by atoms with Gasteiger partial charge >= 0.3 is 5.97 Å². The van der Waals surface area contributed by atoms with Crippen LogP contribution in [0.5, 0.6) is 0 Å². The topological polar surface area (TPSA) is 49.3 Å². The molecule has 0 aromatic heterocycles. The van der Waals surface area contributed by atoms with Crippen LogP contribution in [-0.2, 0) is 4.79 Å². The summed E-state index contributed by atoms with van der Waals surface area (Å²) < 4.78 is 0. The number of carboxylic acid groups (broad SMARTS) is 1. The number of aliphatic carboxylic acids is 1. The highest BCUT2D eigenvalue weighted by atomic mass is 16.4. The minimum atomic E-state index is -0.755. The van der Waals surface area contributed by atoms with Crippen molar-refractivity contribution in [1.82, 2.24) is 5.32 Å². The van der Waals surface area contributed by atoms with Gasteiger partial charge in [-0.3, -0.25) is 4.79 Å². The van der Waals surface area contributed by atoms with Crippen LogP contribution >= 0.6 is 0 Å². The average Bonchev–Trinajstić information content (AvgIpc) is 2.18. The maximum Gasteiger partial charge on any atom is 0.304 e. The average molecular weight is 193 g/mol. The minimum absolute atomic E-state index is 0.0544. The zero-order valence-corrected chi connectivity index (χ0v) is 8.23. The van der Waals surface area contributed by atoms with Crippen LogP contribution in [0.3, 0.4) is 0 Å². The molecule has 0 heterocycles. The molecule has 2 N–H and O–H groups in total. The van der Waals surface area contributed by atoms with E-state index >= 15 is 0 Å². The largest absolute Gasteiger partial charge is 0.481 e. The molecule has 0 saturated heterocycles. The molecule has 0 aliphatic heterocycles. The van der Waals surface area contributed by atoms with Gasteiger partial charge < -0.3 is 10.4 Å². The van der Waals surface area contributed by atoms with Crippen molar-refractivity contribution in [2.24, 2.45) is 0 Å².